The Labute approximate surface area is 99.1 Å². The van der Waals surface area contributed by atoms with Gasteiger partial charge < -0.3 is 5.32 Å². The lowest BCUT2D eigenvalue weighted by Crippen LogP contribution is -2.12. The van der Waals surface area contributed by atoms with E-state index in [0.717, 1.165) is 0 Å². The first-order chi connectivity index (χ1) is 7.61. The van der Waals surface area contributed by atoms with Crippen LogP contribution < -0.4 is 5.32 Å². The SMILES string of the molecule is CN(C)N=Nc1cccc(NC(=O)CCl)c1. The third-order valence-corrected chi connectivity index (χ3v) is 1.83. The summed E-state index contributed by atoms with van der Waals surface area (Å²) in [5.74, 6) is -0.313. The Morgan fingerprint density at radius 2 is 2.25 bits per heavy atom. The number of nitrogens with one attached hydrogen (secondary N) is 1. The van der Waals surface area contributed by atoms with Gasteiger partial charge in [-0.25, -0.2) is 0 Å². The van der Waals surface area contributed by atoms with E-state index in [0.29, 0.717) is 11.4 Å². The van der Waals surface area contributed by atoms with Crippen molar-refractivity contribution in [1.82, 2.24) is 5.01 Å². The van der Waals surface area contributed by atoms with Crippen LogP contribution in [0.25, 0.3) is 0 Å². The second kappa shape index (κ2) is 6.07. The topological polar surface area (TPSA) is 57.1 Å². The number of rotatable bonds is 4. The predicted octanol–water partition coefficient (Wildman–Crippen LogP) is 2.42. The van der Waals surface area contributed by atoms with Gasteiger partial charge in [0, 0.05) is 19.8 Å². The molecule has 1 amide bonds. The summed E-state index contributed by atoms with van der Waals surface area (Å²) < 4.78 is 0. The minimum Gasteiger partial charge on any atom is -0.325 e. The number of benzene rings is 1. The molecule has 1 rings (SSSR count). The first kappa shape index (κ1) is 12.4. The lowest BCUT2D eigenvalue weighted by atomic mass is 10.3. The van der Waals surface area contributed by atoms with Gasteiger partial charge in [0.1, 0.15) is 5.88 Å². The third-order valence-electron chi connectivity index (χ3n) is 1.59. The maximum absolute atomic E-state index is 11.1. The summed E-state index contributed by atoms with van der Waals surface area (Å²) in [4.78, 5) is 11.1. The molecule has 0 aliphatic heterocycles. The Balaban J connectivity index is 2.75. The maximum Gasteiger partial charge on any atom is 0.239 e. The summed E-state index contributed by atoms with van der Waals surface area (Å²) in [5.41, 5.74) is 1.32. The Bertz CT molecular complexity index is 392. The van der Waals surface area contributed by atoms with Crippen molar-refractivity contribution in [3.63, 3.8) is 0 Å². The molecule has 0 radical (unpaired) electrons. The van der Waals surface area contributed by atoms with Crippen molar-refractivity contribution in [2.45, 2.75) is 0 Å². The molecule has 1 aromatic rings. The lowest BCUT2D eigenvalue weighted by molar-refractivity contribution is -0.113. The highest BCUT2D eigenvalue weighted by Crippen LogP contribution is 2.18. The van der Waals surface area contributed by atoms with Crippen LogP contribution in [0.3, 0.4) is 0 Å². The van der Waals surface area contributed by atoms with Crippen LogP contribution in [0.5, 0.6) is 0 Å². The van der Waals surface area contributed by atoms with Gasteiger partial charge in [0.05, 0.1) is 5.69 Å². The van der Waals surface area contributed by atoms with E-state index in [1.165, 1.54) is 0 Å². The molecule has 5 nitrogen and oxygen atoms in total. The van der Waals surface area contributed by atoms with Crippen LogP contribution in [-0.2, 0) is 4.79 Å². The summed E-state index contributed by atoms with van der Waals surface area (Å²) in [6.07, 6.45) is 0. The van der Waals surface area contributed by atoms with Crippen LogP contribution >= 0.6 is 11.6 Å². The van der Waals surface area contributed by atoms with Crippen molar-refractivity contribution < 1.29 is 4.79 Å². The second-order valence-electron chi connectivity index (χ2n) is 3.27. The van der Waals surface area contributed by atoms with Crippen LogP contribution in [0.1, 0.15) is 0 Å². The van der Waals surface area contributed by atoms with Crippen molar-refractivity contribution >= 4 is 28.9 Å². The number of carbonyl (C=O) groups is 1. The molecule has 0 fully saturated rings. The van der Waals surface area contributed by atoms with E-state index in [1.54, 1.807) is 43.4 Å². The van der Waals surface area contributed by atoms with Crippen LogP contribution in [0.2, 0.25) is 0 Å². The molecule has 0 heterocycles. The van der Waals surface area contributed by atoms with E-state index in [4.69, 9.17) is 11.6 Å². The zero-order chi connectivity index (χ0) is 12.0. The average molecular weight is 241 g/mol. The van der Waals surface area contributed by atoms with E-state index in [2.05, 4.69) is 15.7 Å². The number of alkyl halides is 1. The van der Waals surface area contributed by atoms with Gasteiger partial charge in [-0.15, -0.1) is 16.7 Å². The average Bonchev–Trinajstić information content (AvgIpc) is 2.26. The van der Waals surface area contributed by atoms with Gasteiger partial charge in [-0.05, 0) is 18.2 Å². The van der Waals surface area contributed by atoms with Crippen molar-refractivity contribution in [3.8, 4) is 0 Å². The fourth-order valence-electron chi connectivity index (χ4n) is 0.981. The van der Waals surface area contributed by atoms with E-state index < -0.39 is 0 Å². The zero-order valence-corrected chi connectivity index (χ0v) is 9.90. The summed E-state index contributed by atoms with van der Waals surface area (Å²) in [5, 5.41) is 12.0. The Hall–Kier alpha value is -1.62. The van der Waals surface area contributed by atoms with Crippen LogP contribution in [0.15, 0.2) is 34.6 Å². The molecule has 1 N–H and O–H groups in total. The molecule has 0 saturated carbocycles. The van der Waals surface area contributed by atoms with Crippen molar-refractivity contribution in [2.24, 2.45) is 10.3 Å². The van der Waals surface area contributed by atoms with Crippen molar-refractivity contribution in [2.75, 3.05) is 25.3 Å². The first-order valence-electron chi connectivity index (χ1n) is 4.66. The van der Waals surface area contributed by atoms with Gasteiger partial charge >= 0.3 is 0 Å². The quantitative estimate of drug-likeness (QED) is 0.499. The van der Waals surface area contributed by atoms with Gasteiger partial charge in [-0.1, -0.05) is 11.3 Å². The highest BCUT2D eigenvalue weighted by Gasteiger charge is 2.00. The van der Waals surface area contributed by atoms with Crippen molar-refractivity contribution in [1.29, 1.82) is 0 Å². The van der Waals surface area contributed by atoms with Gasteiger partial charge in [0.25, 0.3) is 0 Å². The first-order valence-corrected chi connectivity index (χ1v) is 5.20. The van der Waals surface area contributed by atoms with Gasteiger partial charge in [-0.3, -0.25) is 9.80 Å². The fraction of sp³-hybridized carbons (Fsp3) is 0.300. The van der Waals surface area contributed by atoms with Crippen LogP contribution in [-0.4, -0.2) is 30.9 Å². The lowest BCUT2D eigenvalue weighted by Gasteiger charge is -2.04. The molecule has 0 saturated heterocycles. The molecule has 0 unspecified atom stereocenters. The molecule has 0 aliphatic rings. The van der Waals surface area contributed by atoms with E-state index in [1.807, 2.05) is 0 Å². The Morgan fingerprint density at radius 1 is 1.50 bits per heavy atom. The molecule has 0 aliphatic carbocycles. The third kappa shape index (κ3) is 4.27. The summed E-state index contributed by atoms with van der Waals surface area (Å²) >= 11 is 5.38. The molecular formula is C10H13ClN4O. The number of hydrogen-bond acceptors (Lipinski definition) is 3. The number of anilines is 1. The second-order valence-corrected chi connectivity index (χ2v) is 3.54. The van der Waals surface area contributed by atoms with Crippen LogP contribution in [0, 0.1) is 0 Å². The zero-order valence-electron chi connectivity index (χ0n) is 9.14. The minimum absolute atomic E-state index is 0.0660. The molecule has 86 valence electrons. The standard InChI is InChI=1S/C10H13ClN4O/c1-15(2)14-13-9-5-3-4-8(6-9)12-10(16)7-11/h3-6H,7H2,1-2H3,(H,12,16). The molecule has 6 heteroatoms. The van der Waals surface area contributed by atoms with Gasteiger partial charge in [-0.2, -0.15) is 0 Å². The number of carbonyl (C=O) groups excluding carboxylic acids is 1. The van der Waals surface area contributed by atoms with Gasteiger partial charge in [0.2, 0.25) is 5.91 Å². The summed E-state index contributed by atoms with van der Waals surface area (Å²) in [6, 6.07) is 7.06. The Kier molecular flexibility index (Phi) is 4.72. The van der Waals surface area contributed by atoms with E-state index in [-0.39, 0.29) is 11.8 Å². The van der Waals surface area contributed by atoms with Crippen LogP contribution in [0.4, 0.5) is 11.4 Å². The molecule has 16 heavy (non-hydrogen) atoms. The highest BCUT2D eigenvalue weighted by molar-refractivity contribution is 6.29. The number of amides is 1. The molecular weight excluding hydrogens is 228 g/mol. The predicted molar refractivity (Wildman–Crippen MR) is 64.0 cm³/mol. The number of nitrogens with zero attached hydrogens (tertiary/aromatic N) is 3. The van der Waals surface area contributed by atoms with E-state index in [9.17, 15) is 4.79 Å². The molecule has 1 aromatic carbocycles. The minimum atomic E-state index is -0.247. The molecule has 0 spiro atoms. The molecule has 0 bridgehead atoms. The highest BCUT2D eigenvalue weighted by atomic mass is 35.5. The molecule has 0 atom stereocenters. The maximum atomic E-state index is 11.1. The monoisotopic (exact) mass is 240 g/mol. The summed E-state index contributed by atoms with van der Waals surface area (Å²) in [6.45, 7) is 0. The van der Waals surface area contributed by atoms with Gasteiger partial charge in [0.15, 0.2) is 0 Å². The Morgan fingerprint density at radius 3 is 2.88 bits per heavy atom. The van der Waals surface area contributed by atoms with E-state index >= 15 is 0 Å². The summed E-state index contributed by atoms with van der Waals surface area (Å²) in [7, 11) is 3.56. The molecule has 0 aromatic heterocycles. The number of hydrogen-bond donors (Lipinski definition) is 1. The smallest absolute Gasteiger partial charge is 0.239 e. The normalized spacial score (nSPS) is 10.4. The fourth-order valence-corrected chi connectivity index (χ4v) is 1.05. The van der Waals surface area contributed by atoms with Crippen molar-refractivity contribution in [3.05, 3.63) is 24.3 Å². The number of halogens is 1. The largest absolute Gasteiger partial charge is 0.325 e.